The van der Waals surface area contributed by atoms with Crippen LogP contribution in [0.5, 0.6) is 5.75 Å². The van der Waals surface area contributed by atoms with Gasteiger partial charge in [0, 0.05) is 31.9 Å². The van der Waals surface area contributed by atoms with Gasteiger partial charge in [0.25, 0.3) is 0 Å². The van der Waals surface area contributed by atoms with Crippen molar-refractivity contribution < 1.29 is 4.74 Å². The van der Waals surface area contributed by atoms with Crippen molar-refractivity contribution in [2.45, 2.75) is 39.3 Å². The Labute approximate surface area is 144 Å². The van der Waals surface area contributed by atoms with Gasteiger partial charge in [-0.15, -0.1) is 0 Å². The SMILES string of the molecule is COc1ccc(CNc2cn(C)nc2C)cc1CN1CCCCC1. The first-order chi connectivity index (χ1) is 11.7. The molecule has 1 saturated heterocycles. The quantitative estimate of drug-likeness (QED) is 0.883. The summed E-state index contributed by atoms with van der Waals surface area (Å²) in [6, 6.07) is 6.50. The number of ether oxygens (including phenoxy) is 1. The zero-order chi connectivity index (χ0) is 16.9. The fourth-order valence-electron chi connectivity index (χ4n) is 3.39. The molecule has 2 aromatic rings. The Balaban J connectivity index is 1.69. The molecule has 2 heterocycles. The number of aryl methyl sites for hydroxylation is 2. The van der Waals surface area contributed by atoms with Gasteiger partial charge in [0.2, 0.25) is 0 Å². The van der Waals surface area contributed by atoms with Gasteiger partial charge >= 0.3 is 0 Å². The largest absolute Gasteiger partial charge is 0.496 e. The van der Waals surface area contributed by atoms with Crippen LogP contribution in [0.2, 0.25) is 0 Å². The van der Waals surface area contributed by atoms with E-state index in [9.17, 15) is 0 Å². The number of rotatable bonds is 6. The van der Waals surface area contributed by atoms with E-state index in [-0.39, 0.29) is 0 Å². The van der Waals surface area contributed by atoms with Crippen molar-refractivity contribution in [1.29, 1.82) is 0 Å². The number of hydrogen-bond acceptors (Lipinski definition) is 4. The van der Waals surface area contributed by atoms with Crippen molar-refractivity contribution in [2.75, 3.05) is 25.5 Å². The highest BCUT2D eigenvalue weighted by molar-refractivity contribution is 5.47. The summed E-state index contributed by atoms with van der Waals surface area (Å²) in [7, 11) is 3.70. The molecule has 3 rings (SSSR count). The van der Waals surface area contributed by atoms with Crippen molar-refractivity contribution in [1.82, 2.24) is 14.7 Å². The van der Waals surface area contributed by atoms with Crippen LogP contribution in [-0.2, 0) is 20.1 Å². The predicted octanol–water partition coefficient (Wildman–Crippen LogP) is 3.34. The molecular formula is C19H28N4O. The van der Waals surface area contributed by atoms with Crippen LogP contribution in [0.15, 0.2) is 24.4 Å². The smallest absolute Gasteiger partial charge is 0.123 e. The lowest BCUT2D eigenvalue weighted by molar-refractivity contribution is 0.218. The van der Waals surface area contributed by atoms with E-state index in [2.05, 4.69) is 33.5 Å². The number of benzene rings is 1. The Morgan fingerprint density at radius 3 is 2.67 bits per heavy atom. The average molecular weight is 328 g/mol. The molecule has 0 aliphatic carbocycles. The van der Waals surface area contributed by atoms with Crippen LogP contribution in [0, 0.1) is 6.92 Å². The summed E-state index contributed by atoms with van der Waals surface area (Å²) in [5.41, 5.74) is 4.66. The summed E-state index contributed by atoms with van der Waals surface area (Å²) in [6.07, 6.45) is 6.00. The lowest BCUT2D eigenvalue weighted by Crippen LogP contribution is -2.29. The highest BCUT2D eigenvalue weighted by atomic mass is 16.5. The van der Waals surface area contributed by atoms with E-state index >= 15 is 0 Å². The summed E-state index contributed by atoms with van der Waals surface area (Å²) in [6.45, 7) is 6.19. The highest BCUT2D eigenvalue weighted by Gasteiger charge is 2.13. The van der Waals surface area contributed by atoms with E-state index in [1.165, 1.54) is 43.5 Å². The van der Waals surface area contributed by atoms with Gasteiger partial charge in [-0.2, -0.15) is 5.10 Å². The zero-order valence-corrected chi connectivity index (χ0v) is 15.0. The summed E-state index contributed by atoms with van der Waals surface area (Å²) >= 11 is 0. The molecule has 1 fully saturated rings. The molecule has 0 radical (unpaired) electrons. The van der Waals surface area contributed by atoms with Gasteiger partial charge in [-0.25, -0.2) is 0 Å². The summed E-state index contributed by atoms with van der Waals surface area (Å²) < 4.78 is 7.41. The Morgan fingerprint density at radius 2 is 2.00 bits per heavy atom. The Kier molecular flexibility index (Phi) is 5.41. The minimum atomic E-state index is 0.795. The molecule has 1 aliphatic rings. The van der Waals surface area contributed by atoms with Gasteiger partial charge in [-0.3, -0.25) is 9.58 Å². The average Bonchev–Trinajstić information content (AvgIpc) is 2.91. The molecule has 1 aromatic heterocycles. The number of aromatic nitrogens is 2. The highest BCUT2D eigenvalue weighted by Crippen LogP contribution is 2.24. The van der Waals surface area contributed by atoms with Crippen molar-refractivity contribution in [3.63, 3.8) is 0 Å². The molecule has 0 bridgehead atoms. The maximum Gasteiger partial charge on any atom is 0.123 e. The van der Waals surface area contributed by atoms with Crippen LogP contribution in [0.4, 0.5) is 5.69 Å². The lowest BCUT2D eigenvalue weighted by atomic mass is 10.1. The number of piperidine rings is 1. The predicted molar refractivity (Wildman–Crippen MR) is 97.4 cm³/mol. The fourth-order valence-corrected chi connectivity index (χ4v) is 3.39. The third-order valence-electron chi connectivity index (χ3n) is 4.68. The molecule has 0 amide bonds. The van der Waals surface area contributed by atoms with Crippen LogP contribution >= 0.6 is 0 Å². The van der Waals surface area contributed by atoms with Crippen LogP contribution in [0.25, 0.3) is 0 Å². The molecule has 1 aliphatic heterocycles. The Bertz CT molecular complexity index is 674. The van der Waals surface area contributed by atoms with E-state index in [4.69, 9.17) is 4.74 Å². The summed E-state index contributed by atoms with van der Waals surface area (Å²) in [5.74, 6) is 0.988. The molecule has 0 unspecified atom stereocenters. The molecule has 0 spiro atoms. The zero-order valence-electron chi connectivity index (χ0n) is 15.0. The first-order valence-electron chi connectivity index (χ1n) is 8.78. The summed E-state index contributed by atoms with van der Waals surface area (Å²) in [4.78, 5) is 2.53. The van der Waals surface area contributed by atoms with Crippen LogP contribution in [0.3, 0.4) is 0 Å². The van der Waals surface area contributed by atoms with E-state index in [0.29, 0.717) is 0 Å². The van der Waals surface area contributed by atoms with Crippen LogP contribution in [0.1, 0.15) is 36.1 Å². The van der Waals surface area contributed by atoms with Crippen molar-refractivity contribution >= 4 is 5.69 Å². The van der Waals surface area contributed by atoms with E-state index in [1.807, 2.05) is 24.9 Å². The number of hydrogen-bond donors (Lipinski definition) is 1. The van der Waals surface area contributed by atoms with Gasteiger partial charge in [-0.05, 0) is 50.6 Å². The first-order valence-corrected chi connectivity index (χ1v) is 8.78. The van der Waals surface area contributed by atoms with Crippen molar-refractivity contribution in [2.24, 2.45) is 7.05 Å². The molecule has 5 heteroatoms. The van der Waals surface area contributed by atoms with E-state index < -0.39 is 0 Å². The minimum absolute atomic E-state index is 0.795. The minimum Gasteiger partial charge on any atom is -0.496 e. The number of anilines is 1. The maximum atomic E-state index is 5.57. The summed E-state index contributed by atoms with van der Waals surface area (Å²) in [5, 5.41) is 7.85. The Morgan fingerprint density at radius 1 is 1.21 bits per heavy atom. The molecular weight excluding hydrogens is 300 g/mol. The standard InChI is InChI=1S/C19H28N4O/c1-15-18(14-22(2)21-15)20-12-16-7-8-19(24-3)17(11-16)13-23-9-5-4-6-10-23/h7-8,11,14,20H,4-6,9-10,12-13H2,1-3H3. The first kappa shape index (κ1) is 16.8. The topological polar surface area (TPSA) is 42.3 Å². The normalized spacial score (nSPS) is 15.5. The molecule has 0 atom stereocenters. The van der Waals surface area contributed by atoms with Crippen molar-refractivity contribution in [3.05, 3.63) is 41.2 Å². The molecule has 0 saturated carbocycles. The van der Waals surface area contributed by atoms with Gasteiger partial charge in [0.1, 0.15) is 5.75 Å². The third-order valence-corrected chi connectivity index (χ3v) is 4.68. The molecule has 5 nitrogen and oxygen atoms in total. The number of nitrogens with one attached hydrogen (secondary N) is 1. The van der Waals surface area contributed by atoms with E-state index in [0.717, 1.165) is 30.2 Å². The molecule has 1 aromatic carbocycles. The second-order valence-electron chi connectivity index (χ2n) is 6.64. The van der Waals surface area contributed by atoms with Gasteiger partial charge in [-0.1, -0.05) is 12.5 Å². The van der Waals surface area contributed by atoms with Gasteiger partial charge in [0.05, 0.1) is 18.5 Å². The second-order valence-corrected chi connectivity index (χ2v) is 6.64. The maximum absolute atomic E-state index is 5.57. The van der Waals surface area contributed by atoms with Gasteiger partial charge in [0.15, 0.2) is 0 Å². The number of nitrogens with zero attached hydrogens (tertiary/aromatic N) is 3. The van der Waals surface area contributed by atoms with Crippen LogP contribution < -0.4 is 10.1 Å². The molecule has 1 N–H and O–H groups in total. The lowest BCUT2D eigenvalue weighted by Gasteiger charge is -2.27. The number of methoxy groups -OCH3 is 1. The monoisotopic (exact) mass is 328 g/mol. The third kappa shape index (κ3) is 4.09. The second kappa shape index (κ2) is 7.71. The number of likely N-dealkylation sites (tertiary alicyclic amines) is 1. The van der Waals surface area contributed by atoms with E-state index in [1.54, 1.807) is 7.11 Å². The molecule has 24 heavy (non-hydrogen) atoms. The van der Waals surface area contributed by atoms with Crippen LogP contribution in [-0.4, -0.2) is 34.9 Å². The molecule has 130 valence electrons. The fraction of sp³-hybridized carbons (Fsp3) is 0.526. The van der Waals surface area contributed by atoms with Crippen molar-refractivity contribution in [3.8, 4) is 5.75 Å². The Hall–Kier alpha value is -2.01. The van der Waals surface area contributed by atoms with Gasteiger partial charge < -0.3 is 10.1 Å².